The van der Waals surface area contributed by atoms with Crippen LogP contribution in [0.1, 0.15) is 29.7 Å². The van der Waals surface area contributed by atoms with Crippen molar-refractivity contribution in [2.45, 2.75) is 13.0 Å². The lowest BCUT2D eigenvalue weighted by Crippen LogP contribution is -2.40. The number of carbonyl (C=O) groups is 1. The molecule has 3 aromatic carbocycles. The number of fused-ring (bicyclic) bond motifs is 2. The largest absolute Gasteiger partial charge is 0.496 e. The minimum atomic E-state index is -0.830. The average molecular weight is 619 g/mol. The third-order valence-corrected chi connectivity index (χ3v) is 8.26. The SMILES string of the molecule is CCOC(=O)C1=C(c2ccccc2)N=c2s/c(=C\c3cc4c(cc3Br)OCO4)c(=O)n2[C@H]1c1ccccc1OC. The summed E-state index contributed by atoms with van der Waals surface area (Å²) in [5, 5.41) is 0. The number of benzene rings is 3. The van der Waals surface area contributed by atoms with Gasteiger partial charge in [0, 0.05) is 15.6 Å². The van der Waals surface area contributed by atoms with E-state index in [0.717, 1.165) is 15.6 Å². The number of thiazole rings is 1. The van der Waals surface area contributed by atoms with Crippen molar-refractivity contribution in [3.8, 4) is 17.2 Å². The predicted molar refractivity (Wildman–Crippen MR) is 154 cm³/mol. The van der Waals surface area contributed by atoms with E-state index in [-0.39, 0.29) is 24.5 Å². The molecule has 40 heavy (non-hydrogen) atoms. The van der Waals surface area contributed by atoms with E-state index < -0.39 is 12.0 Å². The zero-order valence-electron chi connectivity index (χ0n) is 21.5. The number of nitrogens with zero attached hydrogens (tertiary/aromatic N) is 2. The van der Waals surface area contributed by atoms with Crippen LogP contribution in [0.25, 0.3) is 11.8 Å². The normalized spacial score (nSPS) is 16.0. The van der Waals surface area contributed by atoms with Gasteiger partial charge in [0.25, 0.3) is 5.56 Å². The smallest absolute Gasteiger partial charge is 0.338 e. The molecule has 0 unspecified atom stereocenters. The molecule has 202 valence electrons. The maximum absolute atomic E-state index is 14.1. The quantitative estimate of drug-likeness (QED) is 0.297. The van der Waals surface area contributed by atoms with E-state index in [1.807, 2.05) is 60.7 Å². The van der Waals surface area contributed by atoms with Gasteiger partial charge >= 0.3 is 5.97 Å². The Morgan fingerprint density at radius 2 is 1.85 bits per heavy atom. The second-order valence-corrected chi connectivity index (χ2v) is 10.8. The predicted octanol–water partition coefficient (Wildman–Crippen LogP) is 4.44. The number of rotatable bonds is 6. The second-order valence-electron chi connectivity index (χ2n) is 8.90. The number of esters is 1. The summed E-state index contributed by atoms with van der Waals surface area (Å²) in [6.07, 6.45) is 1.78. The topological polar surface area (TPSA) is 88.4 Å². The van der Waals surface area contributed by atoms with E-state index in [1.165, 1.54) is 11.3 Å². The number of para-hydroxylation sites is 1. The molecule has 0 saturated heterocycles. The first-order chi connectivity index (χ1) is 19.5. The van der Waals surface area contributed by atoms with Crippen molar-refractivity contribution in [1.82, 2.24) is 4.57 Å². The van der Waals surface area contributed by atoms with E-state index in [2.05, 4.69) is 15.9 Å². The van der Waals surface area contributed by atoms with Gasteiger partial charge in [0.15, 0.2) is 16.3 Å². The number of hydrogen-bond acceptors (Lipinski definition) is 8. The van der Waals surface area contributed by atoms with Crippen LogP contribution in [0.2, 0.25) is 0 Å². The van der Waals surface area contributed by atoms with Gasteiger partial charge in [-0.05, 0) is 36.8 Å². The first kappa shape index (κ1) is 26.1. The van der Waals surface area contributed by atoms with Gasteiger partial charge in [-0.1, -0.05) is 75.8 Å². The van der Waals surface area contributed by atoms with Crippen molar-refractivity contribution in [2.75, 3.05) is 20.5 Å². The molecule has 2 aliphatic rings. The molecular weight excluding hydrogens is 596 g/mol. The first-order valence-corrected chi connectivity index (χ1v) is 14.1. The number of hydrogen-bond donors (Lipinski definition) is 0. The molecule has 0 fully saturated rings. The van der Waals surface area contributed by atoms with Crippen LogP contribution in [0.4, 0.5) is 0 Å². The van der Waals surface area contributed by atoms with Crippen molar-refractivity contribution in [2.24, 2.45) is 4.99 Å². The average Bonchev–Trinajstić information content (AvgIpc) is 3.56. The van der Waals surface area contributed by atoms with Crippen LogP contribution in [0.15, 0.2) is 86.6 Å². The second kappa shape index (κ2) is 10.8. The molecular formula is C30H23BrN2O6S. The van der Waals surface area contributed by atoms with Gasteiger partial charge in [-0.3, -0.25) is 9.36 Å². The van der Waals surface area contributed by atoms with Crippen LogP contribution in [-0.4, -0.2) is 31.0 Å². The van der Waals surface area contributed by atoms with E-state index in [9.17, 15) is 9.59 Å². The highest BCUT2D eigenvalue weighted by atomic mass is 79.9. The highest BCUT2D eigenvalue weighted by molar-refractivity contribution is 9.10. The summed E-state index contributed by atoms with van der Waals surface area (Å²) in [5.74, 6) is 1.23. The van der Waals surface area contributed by atoms with Gasteiger partial charge in [0.05, 0.1) is 29.5 Å². The monoisotopic (exact) mass is 618 g/mol. The molecule has 0 amide bonds. The maximum Gasteiger partial charge on any atom is 0.338 e. The van der Waals surface area contributed by atoms with Gasteiger partial charge < -0.3 is 18.9 Å². The molecule has 0 saturated carbocycles. The molecule has 10 heteroatoms. The lowest BCUT2D eigenvalue weighted by molar-refractivity contribution is -0.138. The Balaban J connectivity index is 1.65. The van der Waals surface area contributed by atoms with Crippen molar-refractivity contribution in [3.05, 3.63) is 113 Å². The van der Waals surface area contributed by atoms with Gasteiger partial charge in [0.2, 0.25) is 6.79 Å². The van der Waals surface area contributed by atoms with Gasteiger partial charge in [-0.15, -0.1) is 0 Å². The fourth-order valence-electron chi connectivity index (χ4n) is 4.81. The number of methoxy groups -OCH3 is 1. The van der Waals surface area contributed by atoms with Crippen LogP contribution in [0.3, 0.4) is 0 Å². The molecule has 0 spiro atoms. The summed E-state index contributed by atoms with van der Waals surface area (Å²) in [7, 11) is 1.56. The van der Waals surface area contributed by atoms with Gasteiger partial charge in [0.1, 0.15) is 11.8 Å². The van der Waals surface area contributed by atoms with E-state index >= 15 is 0 Å². The van der Waals surface area contributed by atoms with Crippen molar-refractivity contribution < 1.29 is 23.7 Å². The van der Waals surface area contributed by atoms with E-state index in [0.29, 0.717) is 37.8 Å². The Labute approximate surface area is 241 Å². The number of halogens is 1. The van der Waals surface area contributed by atoms with Crippen LogP contribution in [0, 0.1) is 0 Å². The van der Waals surface area contributed by atoms with Crippen LogP contribution < -0.4 is 29.1 Å². The molecule has 0 N–H and O–H groups in total. The summed E-state index contributed by atoms with van der Waals surface area (Å²) in [6.45, 7) is 2.06. The summed E-state index contributed by atoms with van der Waals surface area (Å²) in [6, 6.07) is 19.6. The summed E-state index contributed by atoms with van der Waals surface area (Å²) >= 11 is 4.82. The van der Waals surface area contributed by atoms with Crippen LogP contribution in [-0.2, 0) is 9.53 Å². The van der Waals surface area contributed by atoms with Crippen molar-refractivity contribution >= 4 is 45.0 Å². The fraction of sp³-hybridized carbons (Fsp3) is 0.167. The third-order valence-electron chi connectivity index (χ3n) is 6.59. The molecule has 0 aliphatic carbocycles. The van der Waals surface area contributed by atoms with E-state index in [4.69, 9.17) is 23.9 Å². The third kappa shape index (κ3) is 4.52. The highest BCUT2D eigenvalue weighted by Gasteiger charge is 2.36. The summed E-state index contributed by atoms with van der Waals surface area (Å²) < 4.78 is 25.0. The Morgan fingerprint density at radius 3 is 2.60 bits per heavy atom. The zero-order valence-corrected chi connectivity index (χ0v) is 24.0. The standard InChI is InChI=1S/C30H23BrN2O6S/c1-3-37-29(35)25-26(17-9-5-4-6-10-17)32-30-33(27(25)19-11-7-8-12-21(19)36-2)28(34)24(40-30)14-18-13-22-23(15-20(18)31)39-16-38-22/h4-15,27H,3,16H2,1-2H3/b24-14-/t27-/m0/s1. The number of ether oxygens (including phenoxy) is 4. The summed E-state index contributed by atoms with van der Waals surface area (Å²) in [4.78, 5) is 33.0. The molecule has 0 radical (unpaired) electrons. The first-order valence-electron chi connectivity index (χ1n) is 12.5. The minimum absolute atomic E-state index is 0.144. The Bertz CT molecular complexity index is 1840. The molecule has 3 heterocycles. The molecule has 1 atom stereocenters. The molecule has 6 rings (SSSR count). The minimum Gasteiger partial charge on any atom is -0.496 e. The molecule has 2 aliphatic heterocycles. The van der Waals surface area contributed by atoms with Gasteiger partial charge in [-0.2, -0.15) is 0 Å². The highest BCUT2D eigenvalue weighted by Crippen LogP contribution is 2.39. The van der Waals surface area contributed by atoms with Gasteiger partial charge in [-0.25, -0.2) is 9.79 Å². The Hall–Kier alpha value is -4.15. The Kier molecular flexibility index (Phi) is 7.03. The van der Waals surface area contributed by atoms with Crippen LogP contribution in [0.5, 0.6) is 17.2 Å². The van der Waals surface area contributed by atoms with Crippen molar-refractivity contribution in [3.63, 3.8) is 0 Å². The number of aromatic nitrogens is 1. The fourth-order valence-corrected chi connectivity index (χ4v) is 6.24. The van der Waals surface area contributed by atoms with E-state index in [1.54, 1.807) is 30.7 Å². The molecule has 4 aromatic rings. The zero-order chi connectivity index (χ0) is 27.8. The van der Waals surface area contributed by atoms with Crippen molar-refractivity contribution in [1.29, 1.82) is 0 Å². The Morgan fingerprint density at radius 1 is 1.12 bits per heavy atom. The summed E-state index contributed by atoms with van der Waals surface area (Å²) in [5.41, 5.74) is 2.55. The lowest BCUT2D eigenvalue weighted by Gasteiger charge is -2.27. The number of carbonyl (C=O) groups excluding carboxylic acids is 1. The molecule has 0 bridgehead atoms. The lowest BCUT2D eigenvalue weighted by atomic mass is 9.92. The van der Waals surface area contributed by atoms with Crippen LogP contribution >= 0.6 is 27.3 Å². The maximum atomic E-state index is 14.1. The molecule has 1 aromatic heterocycles. The molecule has 8 nitrogen and oxygen atoms in total.